The number of nitrogens with zero attached hydrogens (tertiary/aromatic N) is 2. The number of aromatic nitrogens is 2. The third-order valence-electron chi connectivity index (χ3n) is 4.36. The van der Waals surface area contributed by atoms with Crippen LogP contribution in [0, 0.1) is 0 Å². The van der Waals surface area contributed by atoms with Gasteiger partial charge >= 0.3 is 148 Å². The summed E-state index contributed by atoms with van der Waals surface area (Å²) in [5.41, 5.74) is 2.88. The average molecular weight is 394 g/mol. The molecule has 0 spiro atoms. The molecular formula is C19H28N2PSe+. The third-order valence-corrected chi connectivity index (χ3v) is 10.8. The van der Waals surface area contributed by atoms with Crippen molar-refractivity contribution in [2.75, 3.05) is 25.2 Å². The van der Waals surface area contributed by atoms with Gasteiger partial charge in [0.25, 0.3) is 0 Å². The van der Waals surface area contributed by atoms with Crippen LogP contribution < -0.4 is 0 Å². The molecule has 124 valence electrons. The minimum atomic E-state index is -0.855. The van der Waals surface area contributed by atoms with Crippen molar-refractivity contribution in [2.45, 2.75) is 30.4 Å². The molecule has 0 radical (unpaired) electrons. The Hall–Kier alpha value is -0.751. The molecular weight excluding hydrogens is 366 g/mol. The van der Waals surface area contributed by atoms with Gasteiger partial charge in [-0.1, -0.05) is 0 Å². The van der Waals surface area contributed by atoms with Crippen LogP contribution in [0.15, 0.2) is 49.1 Å². The Balaban J connectivity index is 1.93. The SMILES string of the molecule is CC[Se]CC[P+](C)(CCc1ccncc1)CCc1ccncc1. The van der Waals surface area contributed by atoms with Gasteiger partial charge in [0.2, 0.25) is 0 Å². The van der Waals surface area contributed by atoms with E-state index >= 15 is 0 Å². The molecule has 0 saturated carbocycles. The molecule has 2 heterocycles. The molecule has 0 saturated heterocycles. The van der Waals surface area contributed by atoms with Crippen LogP contribution in [0.4, 0.5) is 0 Å². The number of aryl methyl sites for hydroxylation is 2. The van der Waals surface area contributed by atoms with E-state index in [4.69, 9.17) is 0 Å². The number of pyridine rings is 2. The molecule has 0 aromatic carbocycles. The molecule has 0 N–H and O–H groups in total. The van der Waals surface area contributed by atoms with E-state index in [0.717, 1.165) is 15.0 Å². The minimum absolute atomic E-state index is 0.842. The van der Waals surface area contributed by atoms with Crippen molar-refractivity contribution in [1.29, 1.82) is 0 Å². The quantitative estimate of drug-likeness (QED) is 0.338. The first kappa shape index (κ1) is 18.6. The molecule has 0 unspecified atom stereocenters. The maximum absolute atomic E-state index is 4.13. The summed E-state index contributed by atoms with van der Waals surface area (Å²) in [5.74, 6) is 0. The second-order valence-corrected chi connectivity index (χ2v) is 13.7. The molecule has 0 aliphatic heterocycles. The summed E-state index contributed by atoms with van der Waals surface area (Å²) in [7, 11) is -0.855. The van der Waals surface area contributed by atoms with Crippen LogP contribution in [0.2, 0.25) is 10.6 Å². The van der Waals surface area contributed by atoms with Gasteiger partial charge in [0, 0.05) is 0 Å². The monoisotopic (exact) mass is 395 g/mol. The van der Waals surface area contributed by atoms with Gasteiger partial charge in [-0.2, -0.15) is 0 Å². The molecule has 2 rings (SSSR count). The zero-order valence-corrected chi connectivity index (χ0v) is 16.9. The molecule has 0 atom stereocenters. The first-order valence-corrected chi connectivity index (χ1v) is 13.6. The van der Waals surface area contributed by atoms with Crippen molar-refractivity contribution >= 4 is 22.2 Å². The van der Waals surface area contributed by atoms with Gasteiger partial charge in [0.05, 0.1) is 0 Å². The summed E-state index contributed by atoms with van der Waals surface area (Å²) in [6.45, 7) is 4.92. The standard InChI is InChI=1S/C19H28N2PSe/c1-3-23-17-16-22(2,14-8-18-4-10-20-11-5-18)15-9-19-6-12-21-13-7-19/h4-7,10-13H,3,8-9,14-17H2,1-2H3/q+1. The fraction of sp³-hybridized carbons (Fsp3) is 0.474. The number of hydrogen-bond donors (Lipinski definition) is 0. The number of hydrogen-bond acceptors (Lipinski definition) is 2. The summed E-state index contributed by atoms with van der Waals surface area (Å²) in [6.07, 6.45) is 14.3. The predicted octanol–water partition coefficient (Wildman–Crippen LogP) is 4.47. The van der Waals surface area contributed by atoms with Crippen molar-refractivity contribution < 1.29 is 0 Å². The third kappa shape index (κ3) is 7.12. The van der Waals surface area contributed by atoms with Crippen molar-refractivity contribution in [3.63, 3.8) is 0 Å². The van der Waals surface area contributed by atoms with Crippen LogP contribution in [0.5, 0.6) is 0 Å². The van der Waals surface area contributed by atoms with E-state index in [2.05, 4.69) is 47.8 Å². The second-order valence-electron chi connectivity index (χ2n) is 6.20. The van der Waals surface area contributed by atoms with Gasteiger partial charge in [0.1, 0.15) is 0 Å². The van der Waals surface area contributed by atoms with E-state index in [-0.39, 0.29) is 0 Å². The summed E-state index contributed by atoms with van der Waals surface area (Å²) in [6, 6.07) is 8.68. The predicted molar refractivity (Wildman–Crippen MR) is 104 cm³/mol. The molecule has 0 amide bonds. The molecule has 0 bridgehead atoms. The van der Waals surface area contributed by atoms with Crippen LogP contribution in [0.3, 0.4) is 0 Å². The number of rotatable bonds is 10. The van der Waals surface area contributed by atoms with E-state index in [9.17, 15) is 0 Å². The average Bonchev–Trinajstić information content (AvgIpc) is 2.61. The Labute approximate surface area is 148 Å². The van der Waals surface area contributed by atoms with E-state index in [0.29, 0.717) is 0 Å². The fourth-order valence-electron chi connectivity index (χ4n) is 2.66. The zero-order chi connectivity index (χ0) is 16.4. The van der Waals surface area contributed by atoms with Gasteiger partial charge in [0.15, 0.2) is 0 Å². The van der Waals surface area contributed by atoms with Gasteiger partial charge in [-0.05, 0) is 0 Å². The van der Waals surface area contributed by atoms with Gasteiger partial charge in [-0.3, -0.25) is 0 Å². The van der Waals surface area contributed by atoms with Crippen LogP contribution in [-0.4, -0.2) is 50.1 Å². The van der Waals surface area contributed by atoms with E-state index in [1.807, 2.05) is 24.8 Å². The van der Waals surface area contributed by atoms with Crippen LogP contribution in [0.25, 0.3) is 0 Å². The second kappa shape index (κ2) is 10.2. The van der Waals surface area contributed by atoms with Crippen LogP contribution in [0.1, 0.15) is 18.1 Å². The van der Waals surface area contributed by atoms with Gasteiger partial charge in [-0.15, -0.1) is 0 Å². The van der Waals surface area contributed by atoms with E-state index < -0.39 is 7.26 Å². The summed E-state index contributed by atoms with van der Waals surface area (Å²) in [4.78, 5) is 8.26. The normalized spacial score (nSPS) is 11.6. The Morgan fingerprint density at radius 1 is 0.826 bits per heavy atom. The Kier molecular flexibility index (Phi) is 8.23. The van der Waals surface area contributed by atoms with E-state index in [1.165, 1.54) is 53.1 Å². The summed E-state index contributed by atoms with van der Waals surface area (Å²) >= 11 is 0.842. The molecule has 0 fully saturated rings. The molecule has 2 aromatic rings. The Bertz CT molecular complexity index is 504. The Morgan fingerprint density at radius 3 is 1.74 bits per heavy atom. The molecule has 23 heavy (non-hydrogen) atoms. The van der Waals surface area contributed by atoms with Gasteiger partial charge < -0.3 is 0 Å². The first-order valence-electron chi connectivity index (χ1n) is 8.41. The van der Waals surface area contributed by atoms with Crippen molar-refractivity contribution in [1.82, 2.24) is 9.97 Å². The topological polar surface area (TPSA) is 25.8 Å². The molecule has 4 heteroatoms. The summed E-state index contributed by atoms with van der Waals surface area (Å²) < 4.78 is 0. The molecule has 0 aliphatic rings. The zero-order valence-electron chi connectivity index (χ0n) is 14.3. The van der Waals surface area contributed by atoms with Crippen molar-refractivity contribution in [2.24, 2.45) is 0 Å². The first-order chi connectivity index (χ1) is 11.2. The fourth-order valence-corrected chi connectivity index (χ4v) is 9.69. The van der Waals surface area contributed by atoms with Crippen LogP contribution >= 0.6 is 7.26 Å². The molecule has 2 nitrogen and oxygen atoms in total. The van der Waals surface area contributed by atoms with E-state index in [1.54, 1.807) is 0 Å². The maximum atomic E-state index is 4.13. The summed E-state index contributed by atoms with van der Waals surface area (Å²) in [5, 5.41) is 2.84. The molecule has 0 aliphatic carbocycles. The van der Waals surface area contributed by atoms with Crippen molar-refractivity contribution in [3.05, 3.63) is 60.2 Å². The van der Waals surface area contributed by atoms with Crippen LogP contribution in [-0.2, 0) is 12.8 Å². The van der Waals surface area contributed by atoms with Crippen molar-refractivity contribution in [3.8, 4) is 0 Å². The Morgan fingerprint density at radius 2 is 1.30 bits per heavy atom. The molecule has 2 aromatic heterocycles. The van der Waals surface area contributed by atoms with Gasteiger partial charge in [-0.25, -0.2) is 0 Å².